The maximum atomic E-state index is 9.37. The van der Waals surface area contributed by atoms with Gasteiger partial charge in [-0.1, -0.05) is 29.8 Å². The van der Waals surface area contributed by atoms with Gasteiger partial charge < -0.3 is 5.11 Å². The molecule has 2 N–H and O–H groups in total. The molecule has 1 aromatic carbocycles. The molecule has 0 fully saturated rings. The van der Waals surface area contributed by atoms with Crippen LogP contribution in [-0.4, -0.2) is 15.3 Å². The van der Waals surface area contributed by atoms with Crippen molar-refractivity contribution in [2.75, 3.05) is 0 Å². The SMILES string of the molecule is Oc1cn[nH]c1Cc1ccccc1Cl. The van der Waals surface area contributed by atoms with E-state index < -0.39 is 0 Å². The van der Waals surface area contributed by atoms with Gasteiger partial charge in [-0.25, -0.2) is 0 Å². The molecule has 4 heteroatoms. The number of aromatic amines is 1. The van der Waals surface area contributed by atoms with E-state index in [0.29, 0.717) is 17.1 Å². The Morgan fingerprint density at radius 3 is 2.79 bits per heavy atom. The lowest BCUT2D eigenvalue weighted by Gasteiger charge is -2.01. The second-order valence-electron chi connectivity index (χ2n) is 3.00. The van der Waals surface area contributed by atoms with E-state index in [1.54, 1.807) is 0 Å². The van der Waals surface area contributed by atoms with Crippen molar-refractivity contribution in [3.8, 4) is 5.75 Å². The summed E-state index contributed by atoms with van der Waals surface area (Å²) >= 11 is 5.98. The summed E-state index contributed by atoms with van der Waals surface area (Å²) in [7, 11) is 0. The highest BCUT2D eigenvalue weighted by atomic mass is 35.5. The van der Waals surface area contributed by atoms with Crippen LogP contribution in [0.5, 0.6) is 5.75 Å². The van der Waals surface area contributed by atoms with Crippen molar-refractivity contribution in [1.82, 2.24) is 10.2 Å². The smallest absolute Gasteiger partial charge is 0.156 e. The lowest BCUT2D eigenvalue weighted by atomic mass is 10.1. The number of aromatic nitrogens is 2. The molecule has 3 nitrogen and oxygen atoms in total. The van der Waals surface area contributed by atoms with E-state index >= 15 is 0 Å². The van der Waals surface area contributed by atoms with Crippen molar-refractivity contribution >= 4 is 11.6 Å². The van der Waals surface area contributed by atoms with Crippen LogP contribution in [0, 0.1) is 0 Å². The van der Waals surface area contributed by atoms with E-state index in [-0.39, 0.29) is 5.75 Å². The zero-order chi connectivity index (χ0) is 9.97. The first-order chi connectivity index (χ1) is 6.77. The molecule has 0 spiro atoms. The van der Waals surface area contributed by atoms with Gasteiger partial charge in [0.1, 0.15) is 0 Å². The van der Waals surface area contributed by atoms with E-state index in [9.17, 15) is 5.11 Å². The molecule has 0 unspecified atom stereocenters. The lowest BCUT2D eigenvalue weighted by Crippen LogP contribution is -1.89. The second kappa shape index (κ2) is 3.72. The third-order valence-corrected chi connectivity index (χ3v) is 2.39. The molecule has 0 atom stereocenters. The molecule has 0 radical (unpaired) electrons. The fraction of sp³-hybridized carbons (Fsp3) is 0.100. The molecule has 0 bridgehead atoms. The Morgan fingerprint density at radius 1 is 1.36 bits per heavy atom. The Hall–Kier alpha value is -1.48. The number of rotatable bonds is 2. The average molecular weight is 209 g/mol. The van der Waals surface area contributed by atoms with Gasteiger partial charge in [-0.15, -0.1) is 0 Å². The minimum atomic E-state index is 0.171. The molecule has 72 valence electrons. The van der Waals surface area contributed by atoms with Crippen LogP contribution in [0.25, 0.3) is 0 Å². The zero-order valence-corrected chi connectivity index (χ0v) is 8.12. The zero-order valence-electron chi connectivity index (χ0n) is 7.37. The van der Waals surface area contributed by atoms with Crippen molar-refractivity contribution in [3.63, 3.8) is 0 Å². The maximum absolute atomic E-state index is 9.37. The highest BCUT2D eigenvalue weighted by Gasteiger charge is 2.06. The lowest BCUT2D eigenvalue weighted by molar-refractivity contribution is 0.469. The van der Waals surface area contributed by atoms with Crippen LogP contribution >= 0.6 is 11.6 Å². The maximum Gasteiger partial charge on any atom is 0.156 e. The molecule has 0 amide bonds. The molecule has 1 aromatic heterocycles. The van der Waals surface area contributed by atoms with Crippen LogP contribution in [0.3, 0.4) is 0 Å². The number of nitrogens with zero attached hydrogens (tertiary/aromatic N) is 1. The van der Waals surface area contributed by atoms with Gasteiger partial charge in [-0.2, -0.15) is 5.10 Å². The Morgan fingerprint density at radius 2 is 2.14 bits per heavy atom. The largest absolute Gasteiger partial charge is 0.504 e. The molecule has 1 heterocycles. The van der Waals surface area contributed by atoms with Crippen molar-refractivity contribution in [2.45, 2.75) is 6.42 Å². The number of hydrogen-bond donors (Lipinski definition) is 2. The molecule has 0 saturated carbocycles. The van der Waals surface area contributed by atoms with Crippen LogP contribution in [0.1, 0.15) is 11.3 Å². The molecule has 0 aliphatic heterocycles. The van der Waals surface area contributed by atoms with E-state index in [1.165, 1.54) is 6.20 Å². The Balaban J connectivity index is 2.28. The van der Waals surface area contributed by atoms with E-state index in [2.05, 4.69) is 10.2 Å². The van der Waals surface area contributed by atoms with Gasteiger partial charge in [0.2, 0.25) is 0 Å². The summed E-state index contributed by atoms with van der Waals surface area (Å²) in [6, 6.07) is 7.53. The first-order valence-electron chi connectivity index (χ1n) is 4.22. The number of aromatic hydroxyl groups is 1. The highest BCUT2D eigenvalue weighted by Crippen LogP contribution is 2.21. The summed E-state index contributed by atoms with van der Waals surface area (Å²) < 4.78 is 0. The molecular formula is C10H9ClN2O. The molecule has 14 heavy (non-hydrogen) atoms. The van der Waals surface area contributed by atoms with Crippen molar-refractivity contribution in [3.05, 3.63) is 46.7 Å². The standard InChI is InChI=1S/C10H9ClN2O/c11-8-4-2-1-3-7(8)5-9-10(14)6-12-13-9/h1-4,6,14H,5H2,(H,12,13). The molecule has 0 saturated heterocycles. The topological polar surface area (TPSA) is 48.9 Å². The minimum Gasteiger partial charge on any atom is -0.504 e. The monoisotopic (exact) mass is 208 g/mol. The van der Waals surface area contributed by atoms with Gasteiger partial charge in [0.25, 0.3) is 0 Å². The summed E-state index contributed by atoms with van der Waals surface area (Å²) in [5.41, 5.74) is 1.65. The summed E-state index contributed by atoms with van der Waals surface area (Å²) in [4.78, 5) is 0. The predicted molar refractivity (Wildman–Crippen MR) is 54.5 cm³/mol. The average Bonchev–Trinajstić information content (AvgIpc) is 2.56. The Kier molecular flexibility index (Phi) is 2.41. The fourth-order valence-electron chi connectivity index (χ4n) is 1.27. The van der Waals surface area contributed by atoms with Crippen molar-refractivity contribution in [2.24, 2.45) is 0 Å². The van der Waals surface area contributed by atoms with Gasteiger partial charge in [-0.05, 0) is 11.6 Å². The number of H-pyrrole nitrogens is 1. The summed E-state index contributed by atoms with van der Waals surface area (Å²) in [5, 5.41) is 16.5. The predicted octanol–water partition coefficient (Wildman–Crippen LogP) is 2.36. The van der Waals surface area contributed by atoms with Gasteiger partial charge in [0, 0.05) is 11.4 Å². The van der Waals surface area contributed by atoms with Crippen LogP contribution in [0.4, 0.5) is 0 Å². The van der Waals surface area contributed by atoms with Crippen molar-refractivity contribution < 1.29 is 5.11 Å². The van der Waals surface area contributed by atoms with E-state index in [0.717, 1.165) is 5.56 Å². The number of benzene rings is 1. The van der Waals surface area contributed by atoms with Crippen LogP contribution in [0.2, 0.25) is 5.02 Å². The number of nitrogens with one attached hydrogen (secondary N) is 1. The molecule has 2 aromatic rings. The third-order valence-electron chi connectivity index (χ3n) is 2.02. The Bertz CT molecular complexity index is 439. The molecule has 2 rings (SSSR count). The third kappa shape index (κ3) is 1.72. The highest BCUT2D eigenvalue weighted by molar-refractivity contribution is 6.31. The van der Waals surface area contributed by atoms with Crippen LogP contribution in [-0.2, 0) is 6.42 Å². The first-order valence-corrected chi connectivity index (χ1v) is 4.60. The van der Waals surface area contributed by atoms with E-state index in [4.69, 9.17) is 11.6 Å². The minimum absolute atomic E-state index is 0.171. The second-order valence-corrected chi connectivity index (χ2v) is 3.41. The normalized spacial score (nSPS) is 10.4. The van der Waals surface area contributed by atoms with Gasteiger partial charge >= 0.3 is 0 Å². The van der Waals surface area contributed by atoms with E-state index in [1.807, 2.05) is 24.3 Å². The van der Waals surface area contributed by atoms with Gasteiger partial charge in [0.05, 0.1) is 11.9 Å². The number of hydrogen-bond acceptors (Lipinski definition) is 2. The molecular weight excluding hydrogens is 200 g/mol. The first kappa shape index (κ1) is 9.09. The van der Waals surface area contributed by atoms with Crippen molar-refractivity contribution in [1.29, 1.82) is 0 Å². The Labute approximate surface area is 86.3 Å². The molecule has 0 aliphatic rings. The summed E-state index contributed by atoms with van der Waals surface area (Å²) in [6.07, 6.45) is 1.94. The van der Waals surface area contributed by atoms with Gasteiger partial charge in [0.15, 0.2) is 5.75 Å². The molecule has 0 aliphatic carbocycles. The number of halogens is 1. The van der Waals surface area contributed by atoms with Crippen LogP contribution < -0.4 is 0 Å². The summed E-state index contributed by atoms with van der Waals surface area (Å²) in [6.45, 7) is 0. The van der Waals surface area contributed by atoms with Crippen LogP contribution in [0.15, 0.2) is 30.5 Å². The van der Waals surface area contributed by atoms with Gasteiger partial charge in [-0.3, -0.25) is 5.10 Å². The summed E-state index contributed by atoms with van der Waals surface area (Å²) in [5.74, 6) is 0.171. The quantitative estimate of drug-likeness (QED) is 0.796. The fourth-order valence-corrected chi connectivity index (χ4v) is 1.47.